The third kappa shape index (κ3) is 5.57. The molecule has 0 fully saturated rings. The molecule has 0 saturated heterocycles. The molecule has 0 spiro atoms. The number of benzene rings is 1. The van der Waals surface area contributed by atoms with Gasteiger partial charge >= 0.3 is 0 Å². The second kappa shape index (κ2) is 8.47. The standard InChI is InChI=1S/C14H21ClN2O4S/c1-10(2)17-22(19,20)11-5-6-13(15)12(9-11)14(18)16-7-4-8-21-3/h5-6,9-10,17H,4,7-8H2,1-3H3,(H,16,18). The number of sulfonamides is 1. The first-order chi connectivity index (χ1) is 10.3. The zero-order chi connectivity index (χ0) is 16.8. The van der Waals surface area contributed by atoms with Crippen LogP contribution in [0.3, 0.4) is 0 Å². The molecule has 0 radical (unpaired) electrons. The maximum Gasteiger partial charge on any atom is 0.252 e. The summed E-state index contributed by atoms with van der Waals surface area (Å²) < 4.78 is 31.6. The smallest absolute Gasteiger partial charge is 0.252 e. The van der Waals surface area contributed by atoms with Crippen LogP contribution in [0, 0.1) is 0 Å². The van der Waals surface area contributed by atoms with E-state index in [9.17, 15) is 13.2 Å². The largest absolute Gasteiger partial charge is 0.385 e. The molecule has 6 nitrogen and oxygen atoms in total. The van der Waals surface area contributed by atoms with Crippen LogP contribution in [0.4, 0.5) is 0 Å². The van der Waals surface area contributed by atoms with E-state index in [0.29, 0.717) is 19.6 Å². The molecule has 2 N–H and O–H groups in total. The highest BCUT2D eigenvalue weighted by Gasteiger charge is 2.19. The minimum Gasteiger partial charge on any atom is -0.385 e. The average molecular weight is 349 g/mol. The molecule has 0 bridgehead atoms. The highest BCUT2D eigenvalue weighted by Crippen LogP contribution is 2.20. The summed E-state index contributed by atoms with van der Waals surface area (Å²) in [5.41, 5.74) is 0.130. The molecule has 0 saturated carbocycles. The minimum atomic E-state index is -3.67. The van der Waals surface area contributed by atoms with Gasteiger partial charge in [-0.25, -0.2) is 13.1 Å². The van der Waals surface area contributed by atoms with Crippen LogP contribution < -0.4 is 10.0 Å². The summed E-state index contributed by atoms with van der Waals surface area (Å²) in [4.78, 5) is 12.1. The molecule has 0 aliphatic rings. The molecule has 0 aliphatic carbocycles. The van der Waals surface area contributed by atoms with Crippen molar-refractivity contribution in [1.29, 1.82) is 0 Å². The van der Waals surface area contributed by atoms with E-state index in [2.05, 4.69) is 10.0 Å². The number of hydrogen-bond acceptors (Lipinski definition) is 4. The summed E-state index contributed by atoms with van der Waals surface area (Å²) in [5.74, 6) is -0.414. The Kier molecular flexibility index (Phi) is 7.28. The van der Waals surface area contributed by atoms with Crippen molar-refractivity contribution in [2.24, 2.45) is 0 Å². The second-order valence-electron chi connectivity index (χ2n) is 5.02. The van der Waals surface area contributed by atoms with Gasteiger partial charge in [0.15, 0.2) is 0 Å². The molecule has 0 atom stereocenters. The molecule has 1 rings (SSSR count). The van der Waals surface area contributed by atoms with Crippen molar-refractivity contribution in [2.45, 2.75) is 31.2 Å². The van der Waals surface area contributed by atoms with Gasteiger partial charge in [0.05, 0.1) is 15.5 Å². The van der Waals surface area contributed by atoms with Crippen molar-refractivity contribution in [1.82, 2.24) is 10.0 Å². The van der Waals surface area contributed by atoms with Gasteiger partial charge in [-0.15, -0.1) is 0 Å². The van der Waals surface area contributed by atoms with Gasteiger partial charge in [0.1, 0.15) is 0 Å². The number of nitrogens with one attached hydrogen (secondary N) is 2. The maximum atomic E-state index is 12.1. The molecule has 1 aromatic carbocycles. The van der Waals surface area contributed by atoms with Gasteiger partial charge in [-0.05, 0) is 38.5 Å². The molecule has 1 aromatic rings. The number of carbonyl (C=O) groups is 1. The lowest BCUT2D eigenvalue weighted by Crippen LogP contribution is -2.31. The Balaban J connectivity index is 2.92. The van der Waals surface area contributed by atoms with E-state index < -0.39 is 15.9 Å². The number of hydrogen-bond donors (Lipinski definition) is 2. The van der Waals surface area contributed by atoms with Gasteiger partial charge in [0, 0.05) is 26.3 Å². The number of amides is 1. The first kappa shape index (κ1) is 18.9. The van der Waals surface area contributed by atoms with Gasteiger partial charge < -0.3 is 10.1 Å². The fourth-order valence-corrected chi connectivity index (χ4v) is 3.22. The summed E-state index contributed by atoms with van der Waals surface area (Å²) in [6, 6.07) is 3.81. The van der Waals surface area contributed by atoms with Crippen LogP contribution in [0.25, 0.3) is 0 Å². The predicted octanol–water partition coefficient (Wildman–Crippen LogP) is 1.79. The molecule has 0 aliphatic heterocycles. The summed E-state index contributed by atoms with van der Waals surface area (Å²) >= 11 is 5.99. The van der Waals surface area contributed by atoms with Crippen LogP contribution in [-0.2, 0) is 14.8 Å². The van der Waals surface area contributed by atoms with Gasteiger partial charge in [-0.3, -0.25) is 4.79 Å². The molecule has 8 heteroatoms. The summed E-state index contributed by atoms with van der Waals surface area (Å²) in [5, 5.41) is 2.88. The topological polar surface area (TPSA) is 84.5 Å². The van der Waals surface area contributed by atoms with E-state index in [0.717, 1.165) is 0 Å². The van der Waals surface area contributed by atoms with Gasteiger partial charge in [0.25, 0.3) is 5.91 Å². The summed E-state index contributed by atoms with van der Waals surface area (Å²) in [6.45, 7) is 4.39. The molecular weight excluding hydrogens is 328 g/mol. The molecule has 0 aromatic heterocycles. The second-order valence-corrected chi connectivity index (χ2v) is 7.14. The average Bonchev–Trinajstić information content (AvgIpc) is 2.42. The Labute approximate surface area is 136 Å². The number of ether oxygens (including phenoxy) is 1. The fourth-order valence-electron chi connectivity index (χ4n) is 1.74. The van der Waals surface area contributed by atoms with Crippen molar-refractivity contribution in [3.05, 3.63) is 28.8 Å². The normalized spacial score (nSPS) is 11.7. The Morgan fingerprint density at radius 1 is 1.36 bits per heavy atom. The van der Waals surface area contributed by atoms with Crippen molar-refractivity contribution in [3.8, 4) is 0 Å². The van der Waals surface area contributed by atoms with Crippen molar-refractivity contribution in [2.75, 3.05) is 20.3 Å². The third-order valence-corrected chi connectivity index (χ3v) is 4.68. The molecule has 0 heterocycles. The van der Waals surface area contributed by atoms with E-state index in [4.69, 9.17) is 16.3 Å². The Hall–Kier alpha value is -1.15. The molecule has 1 amide bonds. The fraction of sp³-hybridized carbons (Fsp3) is 0.500. The van der Waals surface area contributed by atoms with Crippen LogP contribution in [0.5, 0.6) is 0 Å². The van der Waals surface area contributed by atoms with Crippen molar-refractivity contribution in [3.63, 3.8) is 0 Å². The molecule has 0 unspecified atom stereocenters. The first-order valence-corrected chi connectivity index (χ1v) is 8.73. The lowest BCUT2D eigenvalue weighted by molar-refractivity contribution is 0.0948. The maximum absolute atomic E-state index is 12.1. The van der Waals surface area contributed by atoms with E-state index in [1.165, 1.54) is 18.2 Å². The van der Waals surface area contributed by atoms with Gasteiger partial charge in [-0.1, -0.05) is 11.6 Å². The summed E-state index contributed by atoms with van der Waals surface area (Å²) in [7, 11) is -2.09. The van der Waals surface area contributed by atoms with Gasteiger partial charge in [0.2, 0.25) is 10.0 Å². The Morgan fingerprint density at radius 3 is 2.64 bits per heavy atom. The monoisotopic (exact) mass is 348 g/mol. The number of carbonyl (C=O) groups excluding carboxylic acids is 1. The minimum absolute atomic E-state index is 0.00708. The molecular formula is C14H21ClN2O4S. The summed E-state index contributed by atoms with van der Waals surface area (Å²) in [6.07, 6.45) is 0.659. The number of rotatable bonds is 8. The Morgan fingerprint density at radius 2 is 2.05 bits per heavy atom. The van der Waals surface area contributed by atoms with Crippen LogP contribution in [-0.4, -0.2) is 40.6 Å². The highest BCUT2D eigenvalue weighted by atomic mass is 35.5. The van der Waals surface area contributed by atoms with E-state index in [1.54, 1.807) is 21.0 Å². The van der Waals surface area contributed by atoms with Crippen molar-refractivity contribution < 1.29 is 17.9 Å². The molecule has 124 valence electrons. The van der Waals surface area contributed by atoms with Crippen LogP contribution in [0.1, 0.15) is 30.6 Å². The quantitative estimate of drug-likeness (QED) is 0.701. The number of methoxy groups -OCH3 is 1. The van der Waals surface area contributed by atoms with Crippen LogP contribution in [0.15, 0.2) is 23.1 Å². The SMILES string of the molecule is COCCCNC(=O)c1cc(S(=O)(=O)NC(C)C)ccc1Cl. The zero-order valence-electron chi connectivity index (χ0n) is 12.8. The lowest BCUT2D eigenvalue weighted by atomic mass is 10.2. The molecule has 22 heavy (non-hydrogen) atoms. The Bertz CT molecular complexity index is 617. The van der Waals surface area contributed by atoms with Crippen LogP contribution in [0.2, 0.25) is 5.02 Å². The third-order valence-electron chi connectivity index (χ3n) is 2.69. The van der Waals surface area contributed by atoms with Gasteiger partial charge in [-0.2, -0.15) is 0 Å². The van der Waals surface area contributed by atoms with E-state index >= 15 is 0 Å². The zero-order valence-corrected chi connectivity index (χ0v) is 14.4. The van der Waals surface area contributed by atoms with E-state index in [1.807, 2.05) is 0 Å². The van der Waals surface area contributed by atoms with Crippen LogP contribution >= 0.6 is 11.6 Å². The predicted molar refractivity (Wildman–Crippen MR) is 85.7 cm³/mol. The highest BCUT2D eigenvalue weighted by molar-refractivity contribution is 7.89. The van der Waals surface area contributed by atoms with Crippen molar-refractivity contribution >= 4 is 27.5 Å². The first-order valence-electron chi connectivity index (χ1n) is 6.87. The number of halogens is 1. The van der Waals surface area contributed by atoms with E-state index in [-0.39, 0.29) is 21.5 Å². The lowest BCUT2D eigenvalue weighted by Gasteiger charge is -2.12.